The van der Waals surface area contributed by atoms with Crippen LogP contribution in [0, 0.1) is 5.82 Å². The molecule has 2 N–H and O–H groups in total. The largest absolute Gasteiger partial charge is 0.508 e. The zero-order valence-electron chi connectivity index (χ0n) is 14.1. The lowest BCUT2D eigenvalue weighted by Crippen LogP contribution is -2.39. The van der Waals surface area contributed by atoms with Crippen molar-refractivity contribution in [1.82, 2.24) is 5.32 Å². The summed E-state index contributed by atoms with van der Waals surface area (Å²) in [5, 5.41) is 13.2. The molecule has 0 amide bonds. The fourth-order valence-electron chi connectivity index (χ4n) is 3.89. The Morgan fingerprint density at radius 3 is 2.52 bits per heavy atom. The monoisotopic (exact) mass is 343 g/mol. The molecule has 0 saturated heterocycles. The molecular formula is C20H22FNO3. The van der Waals surface area contributed by atoms with E-state index in [-0.39, 0.29) is 11.3 Å². The maximum Gasteiger partial charge on any atom is 0.161 e. The van der Waals surface area contributed by atoms with Crippen LogP contribution in [-0.2, 0) is 12.1 Å². The van der Waals surface area contributed by atoms with E-state index in [1.54, 1.807) is 6.07 Å². The first-order chi connectivity index (χ1) is 12.1. The Morgan fingerprint density at radius 2 is 1.76 bits per heavy atom. The first-order valence-corrected chi connectivity index (χ1v) is 8.78. The molecule has 1 saturated carbocycles. The average Bonchev–Trinajstić information content (AvgIpc) is 3.09. The Labute approximate surface area is 146 Å². The second-order valence-electron chi connectivity index (χ2n) is 6.82. The van der Waals surface area contributed by atoms with E-state index in [1.165, 1.54) is 11.6 Å². The van der Waals surface area contributed by atoms with Crippen molar-refractivity contribution in [3.63, 3.8) is 0 Å². The predicted molar refractivity (Wildman–Crippen MR) is 92.5 cm³/mol. The van der Waals surface area contributed by atoms with Crippen molar-refractivity contribution >= 4 is 0 Å². The molecule has 0 atom stereocenters. The zero-order chi connectivity index (χ0) is 17.3. The molecule has 0 bridgehead atoms. The topological polar surface area (TPSA) is 50.7 Å². The van der Waals surface area contributed by atoms with Crippen molar-refractivity contribution in [2.75, 3.05) is 13.2 Å². The molecule has 0 radical (unpaired) electrons. The molecule has 25 heavy (non-hydrogen) atoms. The standard InChI is InChI=1S/C20H22FNO3/c21-16-9-14(10-17(23)12-16)13-22-20(5-1-2-6-20)15-3-4-18-19(11-15)25-8-7-24-18/h3-4,9-12,22-23H,1-2,5-8,13H2. The van der Waals surface area contributed by atoms with Crippen LogP contribution in [0.3, 0.4) is 0 Å². The van der Waals surface area contributed by atoms with Crippen molar-refractivity contribution in [2.24, 2.45) is 0 Å². The highest BCUT2D eigenvalue weighted by atomic mass is 19.1. The molecule has 1 fully saturated rings. The lowest BCUT2D eigenvalue weighted by atomic mass is 9.87. The van der Waals surface area contributed by atoms with Gasteiger partial charge in [0.25, 0.3) is 0 Å². The summed E-state index contributed by atoms with van der Waals surface area (Å²) in [4.78, 5) is 0. The Kier molecular flexibility index (Phi) is 4.25. The third-order valence-corrected chi connectivity index (χ3v) is 5.13. The van der Waals surface area contributed by atoms with Crippen molar-refractivity contribution in [3.05, 3.63) is 53.3 Å². The smallest absolute Gasteiger partial charge is 0.161 e. The average molecular weight is 343 g/mol. The quantitative estimate of drug-likeness (QED) is 0.885. The third-order valence-electron chi connectivity index (χ3n) is 5.13. The Hall–Kier alpha value is -2.27. The predicted octanol–water partition coefficient (Wildman–Crippen LogP) is 3.86. The highest BCUT2D eigenvalue weighted by molar-refractivity contribution is 5.46. The van der Waals surface area contributed by atoms with Gasteiger partial charge in [-0.15, -0.1) is 0 Å². The lowest BCUT2D eigenvalue weighted by Gasteiger charge is -2.32. The molecule has 2 aromatic rings. The summed E-state index contributed by atoms with van der Waals surface area (Å²) < 4.78 is 24.9. The summed E-state index contributed by atoms with van der Waals surface area (Å²) >= 11 is 0. The van der Waals surface area contributed by atoms with Gasteiger partial charge in [-0.1, -0.05) is 18.9 Å². The maximum absolute atomic E-state index is 13.5. The van der Waals surface area contributed by atoms with Crippen LogP contribution in [0.2, 0.25) is 0 Å². The number of fused-ring (bicyclic) bond motifs is 1. The number of nitrogens with one attached hydrogen (secondary N) is 1. The van der Waals surface area contributed by atoms with E-state index in [2.05, 4.69) is 17.4 Å². The maximum atomic E-state index is 13.5. The van der Waals surface area contributed by atoms with Gasteiger partial charge in [-0.2, -0.15) is 0 Å². The minimum absolute atomic E-state index is 0.0448. The van der Waals surface area contributed by atoms with Crippen LogP contribution < -0.4 is 14.8 Å². The molecule has 2 aromatic carbocycles. The number of phenolic OH excluding ortho intramolecular Hbond substituents is 1. The van der Waals surface area contributed by atoms with Crippen LogP contribution in [-0.4, -0.2) is 18.3 Å². The molecule has 132 valence electrons. The van der Waals surface area contributed by atoms with E-state index in [1.807, 2.05) is 6.07 Å². The molecule has 1 heterocycles. The Morgan fingerprint density at radius 1 is 1.00 bits per heavy atom. The number of rotatable bonds is 4. The Bertz CT molecular complexity index is 751. The first kappa shape index (κ1) is 16.2. The number of phenols is 1. The minimum atomic E-state index is -0.420. The normalized spacial score (nSPS) is 18.3. The van der Waals surface area contributed by atoms with Crippen LogP contribution in [0.5, 0.6) is 17.2 Å². The van der Waals surface area contributed by atoms with E-state index in [9.17, 15) is 9.50 Å². The third kappa shape index (κ3) is 3.29. The number of hydrogen-bond acceptors (Lipinski definition) is 4. The molecule has 2 aliphatic rings. The molecule has 0 aromatic heterocycles. The molecule has 5 heteroatoms. The van der Waals surface area contributed by atoms with Gasteiger partial charge in [-0.25, -0.2) is 4.39 Å². The van der Waals surface area contributed by atoms with Crippen LogP contribution in [0.25, 0.3) is 0 Å². The van der Waals surface area contributed by atoms with Gasteiger partial charge in [-0.05, 0) is 48.2 Å². The molecule has 1 aliphatic carbocycles. The molecular weight excluding hydrogens is 321 g/mol. The molecule has 4 nitrogen and oxygen atoms in total. The van der Waals surface area contributed by atoms with Crippen LogP contribution in [0.4, 0.5) is 4.39 Å². The van der Waals surface area contributed by atoms with Gasteiger partial charge < -0.3 is 19.9 Å². The lowest BCUT2D eigenvalue weighted by molar-refractivity contribution is 0.170. The summed E-state index contributed by atoms with van der Waals surface area (Å²) in [5.74, 6) is 1.12. The number of aromatic hydroxyl groups is 1. The summed E-state index contributed by atoms with van der Waals surface area (Å²) in [6.07, 6.45) is 4.34. The van der Waals surface area contributed by atoms with E-state index in [4.69, 9.17) is 9.47 Å². The molecule has 0 unspecified atom stereocenters. The van der Waals surface area contributed by atoms with Crippen molar-refractivity contribution in [2.45, 2.75) is 37.8 Å². The SMILES string of the molecule is Oc1cc(F)cc(CNC2(c3ccc4c(c3)OCCO4)CCCC2)c1. The van der Waals surface area contributed by atoms with Gasteiger partial charge in [0.2, 0.25) is 0 Å². The first-order valence-electron chi connectivity index (χ1n) is 8.78. The second-order valence-corrected chi connectivity index (χ2v) is 6.82. The van der Waals surface area contributed by atoms with Crippen molar-refractivity contribution < 1.29 is 19.0 Å². The van der Waals surface area contributed by atoms with E-state index in [0.29, 0.717) is 19.8 Å². The van der Waals surface area contributed by atoms with Crippen LogP contribution in [0.1, 0.15) is 36.8 Å². The van der Waals surface area contributed by atoms with Gasteiger partial charge >= 0.3 is 0 Å². The van der Waals surface area contributed by atoms with Gasteiger partial charge in [-0.3, -0.25) is 0 Å². The fourth-order valence-corrected chi connectivity index (χ4v) is 3.89. The molecule has 1 aliphatic heterocycles. The number of halogens is 1. The molecule has 4 rings (SSSR count). The van der Waals surface area contributed by atoms with Gasteiger partial charge in [0.1, 0.15) is 24.8 Å². The van der Waals surface area contributed by atoms with Crippen LogP contribution in [0.15, 0.2) is 36.4 Å². The second kappa shape index (κ2) is 6.56. The highest BCUT2D eigenvalue weighted by Gasteiger charge is 2.36. The summed E-state index contributed by atoms with van der Waals surface area (Å²) in [5.41, 5.74) is 1.76. The van der Waals surface area contributed by atoms with Gasteiger partial charge in [0.05, 0.1) is 0 Å². The van der Waals surface area contributed by atoms with E-state index >= 15 is 0 Å². The number of benzene rings is 2. The van der Waals surface area contributed by atoms with Crippen LogP contribution >= 0.6 is 0 Å². The minimum Gasteiger partial charge on any atom is -0.508 e. The van der Waals surface area contributed by atoms with Gasteiger partial charge in [0, 0.05) is 18.2 Å². The van der Waals surface area contributed by atoms with E-state index in [0.717, 1.165) is 48.8 Å². The summed E-state index contributed by atoms with van der Waals surface area (Å²) in [6, 6.07) is 10.3. The molecule has 0 spiro atoms. The number of ether oxygens (including phenoxy) is 2. The van der Waals surface area contributed by atoms with Crippen molar-refractivity contribution in [3.8, 4) is 17.2 Å². The number of hydrogen-bond donors (Lipinski definition) is 2. The fraction of sp³-hybridized carbons (Fsp3) is 0.400. The van der Waals surface area contributed by atoms with E-state index < -0.39 is 5.82 Å². The summed E-state index contributed by atoms with van der Waals surface area (Å²) in [7, 11) is 0. The summed E-state index contributed by atoms with van der Waals surface area (Å²) in [6.45, 7) is 1.65. The Balaban J connectivity index is 1.59. The van der Waals surface area contributed by atoms with Gasteiger partial charge in [0.15, 0.2) is 11.5 Å². The zero-order valence-corrected chi connectivity index (χ0v) is 14.1. The van der Waals surface area contributed by atoms with Crippen molar-refractivity contribution in [1.29, 1.82) is 0 Å². The highest BCUT2D eigenvalue weighted by Crippen LogP contribution is 2.42.